The SMILES string of the molecule is O=C(CSc1nnc(-c2ccc(Cl)cc2)n1Cc1ccco1)NCc1ccc(Cl)cc1. The molecule has 0 atom stereocenters. The van der Waals surface area contributed by atoms with Crippen LogP contribution in [0.3, 0.4) is 0 Å². The van der Waals surface area contributed by atoms with E-state index in [0.29, 0.717) is 34.1 Å². The zero-order valence-corrected chi connectivity index (χ0v) is 18.6. The van der Waals surface area contributed by atoms with Crippen molar-refractivity contribution < 1.29 is 9.21 Å². The van der Waals surface area contributed by atoms with Gasteiger partial charge in [0.25, 0.3) is 0 Å². The minimum absolute atomic E-state index is 0.0967. The molecule has 0 bridgehead atoms. The molecule has 4 aromatic rings. The van der Waals surface area contributed by atoms with Crippen molar-refractivity contribution >= 4 is 40.9 Å². The minimum atomic E-state index is -0.0967. The summed E-state index contributed by atoms with van der Waals surface area (Å²) < 4.78 is 7.43. The van der Waals surface area contributed by atoms with Crippen LogP contribution in [0.1, 0.15) is 11.3 Å². The van der Waals surface area contributed by atoms with Gasteiger partial charge in [0, 0.05) is 22.2 Å². The van der Waals surface area contributed by atoms with Gasteiger partial charge in [-0.1, -0.05) is 47.1 Å². The highest BCUT2D eigenvalue weighted by molar-refractivity contribution is 7.99. The Morgan fingerprint density at radius 1 is 1.00 bits per heavy atom. The molecule has 0 aliphatic rings. The second kappa shape index (κ2) is 10.0. The third kappa shape index (κ3) is 5.70. The van der Waals surface area contributed by atoms with Crippen molar-refractivity contribution in [1.29, 1.82) is 0 Å². The van der Waals surface area contributed by atoms with Gasteiger partial charge in [0.15, 0.2) is 11.0 Å². The number of nitrogens with one attached hydrogen (secondary N) is 1. The smallest absolute Gasteiger partial charge is 0.230 e. The molecule has 158 valence electrons. The van der Waals surface area contributed by atoms with Crippen LogP contribution < -0.4 is 5.32 Å². The van der Waals surface area contributed by atoms with Gasteiger partial charge in [0.1, 0.15) is 5.76 Å². The van der Waals surface area contributed by atoms with Crippen molar-refractivity contribution in [2.45, 2.75) is 18.2 Å². The first-order valence-corrected chi connectivity index (χ1v) is 11.2. The molecule has 0 fully saturated rings. The molecule has 0 radical (unpaired) electrons. The van der Waals surface area contributed by atoms with E-state index in [2.05, 4.69) is 15.5 Å². The molecular weight excluding hydrogens is 455 g/mol. The lowest BCUT2D eigenvalue weighted by molar-refractivity contribution is -0.118. The van der Waals surface area contributed by atoms with Gasteiger partial charge in [-0.05, 0) is 54.1 Å². The first-order chi connectivity index (χ1) is 15.1. The van der Waals surface area contributed by atoms with Gasteiger partial charge in [-0.3, -0.25) is 9.36 Å². The summed E-state index contributed by atoms with van der Waals surface area (Å²) in [5, 5.41) is 13.5. The number of benzene rings is 2. The summed E-state index contributed by atoms with van der Waals surface area (Å²) in [4.78, 5) is 12.4. The number of furan rings is 1. The monoisotopic (exact) mass is 472 g/mol. The molecule has 0 unspecified atom stereocenters. The van der Waals surface area contributed by atoms with E-state index in [0.717, 1.165) is 16.9 Å². The number of rotatable bonds is 8. The number of carbonyl (C=O) groups excluding carboxylic acids is 1. The summed E-state index contributed by atoms with van der Waals surface area (Å²) >= 11 is 13.2. The van der Waals surface area contributed by atoms with Crippen LogP contribution in [-0.2, 0) is 17.9 Å². The van der Waals surface area contributed by atoms with Gasteiger partial charge in [0.05, 0.1) is 18.6 Å². The molecule has 1 N–H and O–H groups in total. The molecule has 0 aliphatic heterocycles. The third-order valence-corrected chi connectivity index (χ3v) is 5.92. The Morgan fingerprint density at radius 2 is 1.71 bits per heavy atom. The van der Waals surface area contributed by atoms with E-state index in [1.807, 2.05) is 41.0 Å². The van der Waals surface area contributed by atoms with Crippen LogP contribution in [0.15, 0.2) is 76.5 Å². The molecule has 6 nitrogen and oxygen atoms in total. The second-order valence-corrected chi connectivity index (χ2v) is 8.49. The largest absolute Gasteiger partial charge is 0.467 e. The maximum atomic E-state index is 12.4. The fourth-order valence-corrected chi connectivity index (χ4v) is 3.91. The van der Waals surface area contributed by atoms with E-state index in [4.69, 9.17) is 27.6 Å². The van der Waals surface area contributed by atoms with Gasteiger partial charge in [0.2, 0.25) is 5.91 Å². The number of amides is 1. The van der Waals surface area contributed by atoms with Crippen LogP contribution in [0.4, 0.5) is 0 Å². The second-order valence-electron chi connectivity index (χ2n) is 6.67. The minimum Gasteiger partial charge on any atom is -0.467 e. The zero-order valence-electron chi connectivity index (χ0n) is 16.3. The van der Waals surface area contributed by atoms with Crippen molar-refractivity contribution in [3.05, 3.63) is 88.3 Å². The molecule has 0 saturated heterocycles. The topological polar surface area (TPSA) is 73.0 Å². The molecule has 2 aromatic heterocycles. The van der Waals surface area contributed by atoms with E-state index >= 15 is 0 Å². The quantitative estimate of drug-likeness (QED) is 0.352. The number of hydrogen-bond acceptors (Lipinski definition) is 5. The van der Waals surface area contributed by atoms with Crippen LogP contribution in [0.25, 0.3) is 11.4 Å². The zero-order chi connectivity index (χ0) is 21.6. The summed E-state index contributed by atoms with van der Waals surface area (Å²) in [6.07, 6.45) is 1.62. The fraction of sp³-hybridized carbons (Fsp3) is 0.136. The Hall–Kier alpha value is -2.74. The predicted octanol–water partition coefficient (Wildman–Crippen LogP) is 5.30. The van der Waals surface area contributed by atoms with Crippen LogP contribution in [0.2, 0.25) is 10.0 Å². The first-order valence-electron chi connectivity index (χ1n) is 9.44. The number of thioether (sulfide) groups is 1. The standard InChI is InChI=1S/C22H18Cl2N4O2S/c23-17-7-3-15(4-8-17)12-25-20(29)14-31-22-27-26-21(16-5-9-18(24)10-6-16)28(22)13-19-2-1-11-30-19/h1-11H,12-14H2,(H,25,29). The van der Waals surface area contributed by atoms with Crippen molar-refractivity contribution in [2.24, 2.45) is 0 Å². The number of hydrogen-bond donors (Lipinski definition) is 1. The highest BCUT2D eigenvalue weighted by Crippen LogP contribution is 2.26. The highest BCUT2D eigenvalue weighted by atomic mass is 35.5. The maximum Gasteiger partial charge on any atom is 0.230 e. The van der Waals surface area contributed by atoms with E-state index in [1.165, 1.54) is 11.8 Å². The van der Waals surface area contributed by atoms with Crippen LogP contribution in [0.5, 0.6) is 0 Å². The van der Waals surface area contributed by atoms with Gasteiger partial charge >= 0.3 is 0 Å². The molecule has 2 aromatic carbocycles. The number of nitrogens with zero attached hydrogens (tertiary/aromatic N) is 3. The van der Waals surface area contributed by atoms with E-state index in [9.17, 15) is 4.79 Å². The van der Waals surface area contributed by atoms with Gasteiger partial charge in [-0.25, -0.2) is 0 Å². The van der Waals surface area contributed by atoms with Crippen molar-refractivity contribution in [3.63, 3.8) is 0 Å². The molecule has 4 rings (SSSR count). The third-order valence-electron chi connectivity index (χ3n) is 4.45. The Morgan fingerprint density at radius 3 is 2.39 bits per heavy atom. The first kappa shape index (κ1) is 21.5. The van der Waals surface area contributed by atoms with Crippen molar-refractivity contribution in [1.82, 2.24) is 20.1 Å². The average molecular weight is 473 g/mol. The van der Waals surface area contributed by atoms with Gasteiger partial charge < -0.3 is 9.73 Å². The summed E-state index contributed by atoms with van der Waals surface area (Å²) in [7, 11) is 0. The summed E-state index contributed by atoms with van der Waals surface area (Å²) in [6.45, 7) is 0.887. The molecule has 31 heavy (non-hydrogen) atoms. The lowest BCUT2D eigenvalue weighted by Gasteiger charge is -2.09. The van der Waals surface area contributed by atoms with Gasteiger partial charge in [-0.2, -0.15) is 0 Å². The molecule has 0 saturated carbocycles. The predicted molar refractivity (Wildman–Crippen MR) is 122 cm³/mol. The Bertz CT molecular complexity index is 1140. The average Bonchev–Trinajstić information content (AvgIpc) is 3.43. The maximum absolute atomic E-state index is 12.4. The Kier molecular flexibility index (Phi) is 6.96. The van der Waals surface area contributed by atoms with Crippen molar-refractivity contribution in [2.75, 3.05) is 5.75 Å². The van der Waals surface area contributed by atoms with Crippen LogP contribution >= 0.6 is 35.0 Å². The summed E-state index contributed by atoms with van der Waals surface area (Å²) in [5.74, 6) is 1.56. The molecule has 2 heterocycles. The van der Waals surface area contributed by atoms with E-state index < -0.39 is 0 Å². The van der Waals surface area contributed by atoms with Crippen molar-refractivity contribution in [3.8, 4) is 11.4 Å². The highest BCUT2D eigenvalue weighted by Gasteiger charge is 2.17. The van der Waals surface area contributed by atoms with Crippen LogP contribution in [-0.4, -0.2) is 26.4 Å². The normalized spacial score (nSPS) is 10.9. The Balaban J connectivity index is 1.46. The lowest BCUT2D eigenvalue weighted by atomic mass is 10.2. The molecule has 0 aliphatic carbocycles. The number of carbonyl (C=O) groups is 1. The summed E-state index contributed by atoms with van der Waals surface area (Å²) in [5.41, 5.74) is 1.86. The summed E-state index contributed by atoms with van der Waals surface area (Å²) in [6, 6.07) is 18.5. The molecule has 9 heteroatoms. The molecular formula is C22H18Cl2N4O2S. The van der Waals surface area contributed by atoms with Crippen LogP contribution in [0, 0.1) is 0 Å². The Labute approximate surface area is 193 Å². The number of halogens is 2. The van der Waals surface area contributed by atoms with E-state index in [-0.39, 0.29) is 11.7 Å². The lowest BCUT2D eigenvalue weighted by Crippen LogP contribution is -2.24. The fourth-order valence-electron chi connectivity index (χ4n) is 2.89. The van der Waals surface area contributed by atoms with E-state index in [1.54, 1.807) is 30.5 Å². The number of aromatic nitrogens is 3. The van der Waals surface area contributed by atoms with Gasteiger partial charge in [-0.15, -0.1) is 10.2 Å². The molecule has 0 spiro atoms. The molecule has 1 amide bonds.